The van der Waals surface area contributed by atoms with E-state index in [1.54, 1.807) is 0 Å². The molecule has 9 heteroatoms. The van der Waals surface area contributed by atoms with Crippen LogP contribution < -0.4 is 10.6 Å². The van der Waals surface area contributed by atoms with E-state index in [4.69, 9.17) is 4.74 Å². The smallest absolute Gasteiger partial charge is 0.384 e. The highest BCUT2D eigenvalue weighted by Crippen LogP contribution is 2.38. The quantitative estimate of drug-likeness (QED) is 0.506. The number of fused-ring (bicyclic) bond motifs is 1. The Bertz CT molecular complexity index is 1000. The molecular weight excluding hydrogens is 414 g/mol. The molecule has 0 bridgehead atoms. The molecule has 2 aliphatic heterocycles. The first kappa shape index (κ1) is 21.3. The summed E-state index contributed by atoms with van der Waals surface area (Å²) in [6.07, 6.45) is -1.71. The van der Waals surface area contributed by atoms with Crippen LogP contribution in [0, 0.1) is 11.7 Å². The Labute approximate surface area is 176 Å². The van der Waals surface area contributed by atoms with Gasteiger partial charge in [0.2, 0.25) is 5.91 Å². The van der Waals surface area contributed by atoms with E-state index in [0.717, 1.165) is 18.9 Å². The molecule has 2 heterocycles. The maximum atomic E-state index is 13.6. The van der Waals surface area contributed by atoms with Gasteiger partial charge in [-0.05, 0) is 60.7 Å². The molecule has 5 nitrogen and oxygen atoms in total. The highest BCUT2D eigenvalue weighted by atomic mass is 19.4. The molecule has 1 atom stereocenters. The molecule has 1 fully saturated rings. The van der Waals surface area contributed by atoms with Gasteiger partial charge < -0.3 is 15.4 Å². The number of nitrogens with one attached hydrogen (secondary N) is 2. The van der Waals surface area contributed by atoms with E-state index in [1.807, 2.05) is 0 Å². The standard InChI is InChI=1S/C22H21F4N3O2/c23-14-1-3-19-16(9-14)17(21(30)29-19)12-27-15-2-4-20(18(10-15)22(24,25)26)28-11-13-5-7-31-8-6-13/h1-4,9-10,12-13,17,28H,5-8,11H2,(H,29,30). The number of rotatable bonds is 5. The van der Waals surface area contributed by atoms with Crippen molar-refractivity contribution in [2.45, 2.75) is 24.9 Å². The van der Waals surface area contributed by atoms with E-state index in [-0.39, 0.29) is 17.3 Å². The average molecular weight is 435 g/mol. The van der Waals surface area contributed by atoms with E-state index in [9.17, 15) is 22.4 Å². The van der Waals surface area contributed by atoms with E-state index in [2.05, 4.69) is 15.6 Å². The minimum Gasteiger partial charge on any atom is -0.384 e. The molecule has 1 saturated heterocycles. The molecule has 0 saturated carbocycles. The molecule has 1 amide bonds. The third-order valence-corrected chi connectivity index (χ3v) is 5.49. The molecule has 2 aromatic carbocycles. The van der Waals surface area contributed by atoms with Gasteiger partial charge in [-0.15, -0.1) is 0 Å². The number of benzene rings is 2. The monoisotopic (exact) mass is 435 g/mol. The zero-order chi connectivity index (χ0) is 22.0. The van der Waals surface area contributed by atoms with E-state index >= 15 is 0 Å². The van der Waals surface area contributed by atoms with Crippen molar-refractivity contribution >= 4 is 29.2 Å². The van der Waals surface area contributed by atoms with Crippen LogP contribution in [0.25, 0.3) is 0 Å². The van der Waals surface area contributed by atoms with Crippen LogP contribution in [0.2, 0.25) is 0 Å². The zero-order valence-corrected chi connectivity index (χ0v) is 16.5. The van der Waals surface area contributed by atoms with Gasteiger partial charge in [0.15, 0.2) is 0 Å². The molecule has 164 valence electrons. The number of nitrogens with zero attached hydrogens (tertiary/aromatic N) is 1. The predicted molar refractivity (Wildman–Crippen MR) is 109 cm³/mol. The van der Waals surface area contributed by atoms with Gasteiger partial charge in [-0.25, -0.2) is 4.39 Å². The third-order valence-electron chi connectivity index (χ3n) is 5.49. The summed E-state index contributed by atoms with van der Waals surface area (Å²) in [6.45, 7) is 1.67. The summed E-state index contributed by atoms with van der Waals surface area (Å²) in [4.78, 5) is 16.2. The maximum absolute atomic E-state index is 13.6. The number of halogens is 4. The minimum absolute atomic E-state index is 0.0102. The van der Waals surface area contributed by atoms with Crippen LogP contribution in [-0.4, -0.2) is 31.9 Å². The number of hydrogen-bond acceptors (Lipinski definition) is 4. The first-order chi connectivity index (χ1) is 14.8. The molecule has 2 aliphatic rings. The van der Waals surface area contributed by atoms with Crippen LogP contribution in [0.1, 0.15) is 29.9 Å². The lowest BCUT2D eigenvalue weighted by molar-refractivity contribution is -0.137. The number of amides is 1. The van der Waals surface area contributed by atoms with Gasteiger partial charge in [-0.1, -0.05) is 0 Å². The lowest BCUT2D eigenvalue weighted by Gasteiger charge is -2.23. The van der Waals surface area contributed by atoms with Gasteiger partial charge in [0.25, 0.3) is 0 Å². The van der Waals surface area contributed by atoms with Gasteiger partial charge in [-0.2, -0.15) is 13.2 Å². The van der Waals surface area contributed by atoms with Crippen molar-refractivity contribution in [1.29, 1.82) is 0 Å². The molecule has 31 heavy (non-hydrogen) atoms. The second-order valence-corrected chi connectivity index (χ2v) is 7.64. The Morgan fingerprint density at radius 3 is 2.68 bits per heavy atom. The van der Waals surface area contributed by atoms with Gasteiger partial charge in [0.1, 0.15) is 11.7 Å². The van der Waals surface area contributed by atoms with Crippen molar-refractivity contribution < 1.29 is 27.1 Å². The summed E-state index contributed by atoms with van der Waals surface area (Å²) < 4.78 is 59.7. The molecular formula is C22H21F4N3O2. The van der Waals surface area contributed by atoms with Gasteiger partial charge >= 0.3 is 6.18 Å². The van der Waals surface area contributed by atoms with Crippen LogP contribution in [0.4, 0.5) is 34.6 Å². The third kappa shape index (κ3) is 4.87. The lowest BCUT2D eigenvalue weighted by Crippen LogP contribution is -2.23. The molecule has 0 radical (unpaired) electrons. The number of aliphatic imine (C=N–C) groups is 1. The van der Waals surface area contributed by atoms with Crippen molar-refractivity contribution in [3.8, 4) is 0 Å². The summed E-state index contributed by atoms with van der Waals surface area (Å²) >= 11 is 0. The van der Waals surface area contributed by atoms with Crippen molar-refractivity contribution in [2.75, 3.05) is 30.4 Å². The molecule has 1 unspecified atom stereocenters. The normalized spacial score (nSPS) is 19.5. The Kier molecular flexibility index (Phi) is 5.95. The van der Waals surface area contributed by atoms with Crippen molar-refractivity contribution in [3.63, 3.8) is 0 Å². The van der Waals surface area contributed by atoms with Gasteiger partial charge in [0, 0.05) is 37.3 Å². The maximum Gasteiger partial charge on any atom is 0.418 e. The topological polar surface area (TPSA) is 62.7 Å². The largest absolute Gasteiger partial charge is 0.418 e. The van der Waals surface area contributed by atoms with Crippen LogP contribution in [0.15, 0.2) is 41.4 Å². The lowest BCUT2D eigenvalue weighted by atomic mass is 10.00. The summed E-state index contributed by atoms with van der Waals surface area (Å²) in [6, 6.07) is 7.63. The van der Waals surface area contributed by atoms with E-state index in [0.29, 0.717) is 31.0 Å². The van der Waals surface area contributed by atoms with Gasteiger partial charge in [0.05, 0.1) is 11.3 Å². The Hall–Kier alpha value is -2.94. The Morgan fingerprint density at radius 1 is 1.16 bits per heavy atom. The number of alkyl halides is 3. The van der Waals surface area contributed by atoms with Crippen molar-refractivity contribution in [1.82, 2.24) is 0 Å². The number of carbonyl (C=O) groups is 1. The number of ether oxygens (including phenoxy) is 1. The van der Waals surface area contributed by atoms with Crippen molar-refractivity contribution in [2.24, 2.45) is 10.9 Å². The highest BCUT2D eigenvalue weighted by Gasteiger charge is 2.34. The van der Waals surface area contributed by atoms with Crippen LogP contribution in [-0.2, 0) is 15.7 Å². The fraction of sp³-hybridized carbons (Fsp3) is 0.364. The van der Waals surface area contributed by atoms with Gasteiger partial charge in [-0.3, -0.25) is 9.79 Å². The highest BCUT2D eigenvalue weighted by molar-refractivity contribution is 6.12. The first-order valence-corrected chi connectivity index (χ1v) is 9.98. The van der Waals surface area contributed by atoms with Crippen LogP contribution in [0.5, 0.6) is 0 Å². The summed E-state index contributed by atoms with van der Waals surface area (Å²) in [5, 5.41) is 5.51. The summed E-state index contributed by atoms with van der Waals surface area (Å²) in [7, 11) is 0. The number of anilines is 2. The summed E-state index contributed by atoms with van der Waals surface area (Å²) in [5.74, 6) is -1.52. The average Bonchev–Trinajstić information content (AvgIpc) is 3.05. The fourth-order valence-electron chi connectivity index (χ4n) is 3.77. The van der Waals surface area contributed by atoms with Crippen LogP contribution in [0.3, 0.4) is 0 Å². The molecule has 0 aromatic heterocycles. The SMILES string of the molecule is O=C1Nc2ccc(F)cc2C1C=Nc1ccc(NCC2CCOCC2)c(C(F)(F)F)c1. The molecule has 4 rings (SSSR count). The predicted octanol–water partition coefficient (Wildman–Crippen LogP) is 5.12. The zero-order valence-electron chi connectivity index (χ0n) is 16.5. The number of hydrogen-bond donors (Lipinski definition) is 2. The van der Waals surface area contributed by atoms with Crippen LogP contribution >= 0.6 is 0 Å². The molecule has 0 spiro atoms. The summed E-state index contributed by atoms with van der Waals surface area (Å²) in [5.41, 5.74) is 0.0909. The molecule has 2 N–H and O–H groups in total. The fourth-order valence-corrected chi connectivity index (χ4v) is 3.77. The molecule has 0 aliphatic carbocycles. The second-order valence-electron chi connectivity index (χ2n) is 7.64. The minimum atomic E-state index is -4.57. The van der Waals surface area contributed by atoms with Crippen molar-refractivity contribution in [3.05, 3.63) is 53.3 Å². The molecule has 2 aromatic rings. The number of carbonyl (C=O) groups excluding carboxylic acids is 1. The first-order valence-electron chi connectivity index (χ1n) is 9.98. The second kappa shape index (κ2) is 8.66. The Morgan fingerprint density at radius 2 is 1.94 bits per heavy atom. The van der Waals surface area contributed by atoms with E-state index in [1.165, 1.54) is 36.5 Å². The Balaban J connectivity index is 1.54. The van der Waals surface area contributed by atoms with E-state index < -0.39 is 29.4 Å².